The van der Waals surface area contributed by atoms with Crippen LogP contribution < -0.4 is 0 Å². The molecule has 196 valence electrons. The van der Waals surface area contributed by atoms with E-state index < -0.39 is 0 Å². The Labute approximate surface area is 244 Å². The zero-order valence-corrected chi connectivity index (χ0v) is 23.1. The Kier molecular flexibility index (Phi) is 5.00. The fourth-order valence-corrected chi connectivity index (χ4v) is 7.35. The van der Waals surface area contributed by atoms with E-state index in [0.29, 0.717) is 17.6 Å². The van der Waals surface area contributed by atoms with Gasteiger partial charge in [0, 0.05) is 43.6 Å². The highest BCUT2D eigenvalue weighted by molar-refractivity contribution is 7.27. The summed E-state index contributed by atoms with van der Waals surface area (Å²) in [5.74, 6) is 1.80. The molecule has 6 heteroatoms. The summed E-state index contributed by atoms with van der Waals surface area (Å²) < 4.78 is 4.60. The van der Waals surface area contributed by atoms with Crippen molar-refractivity contribution in [3.63, 3.8) is 0 Å². The van der Waals surface area contributed by atoms with Crippen molar-refractivity contribution in [2.75, 3.05) is 0 Å². The largest absolute Gasteiger partial charge is 0.260 e. The van der Waals surface area contributed by atoms with E-state index in [9.17, 15) is 0 Å². The Morgan fingerprint density at radius 1 is 0.500 bits per heavy atom. The number of aromatic nitrogens is 5. The van der Waals surface area contributed by atoms with Crippen LogP contribution in [-0.4, -0.2) is 24.5 Å². The van der Waals surface area contributed by atoms with Crippen molar-refractivity contribution in [3.8, 4) is 28.7 Å². The van der Waals surface area contributed by atoms with Gasteiger partial charge in [-0.3, -0.25) is 4.57 Å². The molecular formula is C36H21N5S. The van der Waals surface area contributed by atoms with Gasteiger partial charge in [0.1, 0.15) is 5.65 Å². The third kappa shape index (κ3) is 3.36. The normalized spacial score (nSPS) is 11.8. The molecule has 0 saturated carbocycles. The van der Waals surface area contributed by atoms with Crippen LogP contribution in [0.2, 0.25) is 0 Å². The first-order valence-corrected chi connectivity index (χ1v) is 14.7. The summed E-state index contributed by atoms with van der Waals surface area (Å²) in [6.07, 6.45) is 1.85. The van der Waals surface area contributed by atoms with Crippen molar-refractivity contribution in [2.45, 2.75) is 0 Å². The predicted molar refractivity (Wildman–Crippen MR) is 173 cm³/mol. The third-order valence-electron chi connectivity index (χ3n) is 7.89. The first kappa shape index (κ1) is 23.3. The Hall–Kier alpha value is -5.46. The zero-order chi connectivity index (χ0) is 27.6. The molecule has 0 aliphatic carbocycles. The SMILES string of the molecule is c1ccc(-c2nc(-c3ccccc3)nc(-n3c4ncccc4c4c5ccccc5c5c6ccccc6sc5c43)n2)cc1. The van der Waals surface area contributed by atoms with E-state index in [2.05, 4.69) is 59.2 Å². The van der Waals surface area contributed by atoms with Crippen LogP contribution in [0.4, 0.5) is 0 Å². The summed E-state index contributed by atoms with van der Waals surface area (Å²) in [5.41, 5.74) is 3.77. The van der Waals surface area contributed by atoms with Gasteiger partial charge in [-0.25, -0.2) is 9.97 Å². The number of benzene rings is 5. The fraction of sp³-hybridized carbons (Fsp3) is 0. The highest BCUT2D eigenvalue weighted by atomic mass is 32.1. The van der Waals surface area contributed by atoms with Gasteiger partial charge in [-0.05, 0) is 29.0 Å². The van der Waals surface area contributed by atoms with Gasteiger partial charge in [0.2, 0.25) is 5.95 Å². The molecule has 9 aromatic rings. The number of rotatable bonds is 3. The van der Waals surface area contributed by atoms with Crippen molar-refractivity contribution in [1.29, 1.82) is 0 Å². The molecule has 42 heavy (non-hydrogen) atoms. The quantitative estimate of drug-likeness (QED) is 0.218. The number of pyridine rings is 1. The lowest BCUT2D eigenvalue weighted by molar-refractivity contribution is 0.946. The molecule has 5 nitrogen and oxygen atoms in total. The average Bonchev–Trinajstić information content (AvgIpc) is 3.62. The molecule has 0 aliphatic rings. The average molecular weight is 556 g/mol. The molecule has 0 unspecified atom stereocenters. The van der Waals surface area contributed by atoms with E-state index in [1.807, 2.05) is 84.3 Å². The van der Waals surface area contributed by atoms with Crippen molar-refractivity contribution in [3.05, 3.63) is 128 Å². The topological polar surface area (TPSA) is 56.5 Å². The van der Waals surface area contributed by atoms with Crippen molar-refractivity contribution in [2.24, 2.45) is 0 Å². The van der Waals surface area contributed by atoms with Gasteiger partial charge < -0.3 is 0 Å². The molecule has 0 atom stereocenters. The summed E-state index contributed by atoms with van der Waals surface area (Å²) >= 11 is 1.81. The molecule has 9 rings (SSSR count). The van der Waals surface area contributed by atoms with Crippen LogP contribution >= 0.6 is 11.3 Å². The van der Waals surface area contributed by atoms with Crippen LogP contribution in [0.15, 0.2) is 128 Å². The summed E-state index contributed by atoms with van der Waals surface area (Å²) in [6, 6.07) is 41.7. The van der Waals surface area contributed by atoms with E-state index in [1.54, 1.807) is 0 Å². The van der Waals surface area contributed by atoms with Crippen molar-refractivity contribution >= 4 is 64.2 Å². The minimum Gasteiger partial charge on any atom is -0.260 e. The molecule has 0 amide bonds. The molecule has 4 heterocycles. The third-order valence-corrected chi connectivity index (χ3v) is 9.07. The maximum Gasteiger partial charge on any atom is 0.240 e. The molecule has 0 aliphatic heterocycles. The lowest BCUT2D eigenvalue weighted by atomic mass is 9.99. The van der Waals surface area contributed by atoms with Gasteiger partial charge in [0.15, 0.2) is 11.6 Å². The van der Waals surface area contributed by atoms with Gasteiger partial charge in [0.25, 0.3) is 0 Å². The maximum absolute atomic E-state index is 5.12. The highest BCUT2D eigenvalue weighted by Gasteiger charge is 2.24. The van der Waals surface area contributed by atoms with Crippen LogP contribution in [0.5, 0.6) is 0 Å². The smallest absolute Gasteiger partial charge is 0.240 e. The fourth-order valence-electron chi connectivity index (χ4n) is 6.09. The Morgan fingerprint density at radius 3 is 1.76 bits per heavy atom. The summed E-state index contributed by atoms with van der Waals surface area (Å²) in [5, 5.41) is 7.18. The Morgan fingerprint density at radius 2 is 1.07 bits per heavy atom. The molecule has 5 aromatic carbocycles. The van der Waals surface area contributed by atoms with E-state index in [-0.39, 0.29) is 0 Å². The molecule has 0 spiro atoms. The van der Waals surface area contributed by atoms with Crippen LogP contribution in [0.3, 0.4) is 0 Å². The number of fused-ring (bicyclic) bond motifs is 10. The molecule has 0 saturated heterocycles. The summed E-state index contributed by atoms with van der Waals surface area (Å²) in [6.45, 7) is 0. The second-order valence-corrected chi connectivity index (χ2v) is 11.3. The molecule has 0 radical (unpaired) electrons. The standard InChI is InChI=1S/C36H21N5S/c1-3-12-22(13-4-1)33-38-34(23-14-5-2-6-15-23)40-36(39-33)41-31-29(27-19-11-21-37-35(27)41)24-16-7-8-17-25(24)30-26-18-9-10-20-28(26)42-32(30)31/h1-21H. The summed E-state index contributed by atoms with van der Waals surface area (Å²) in [4.78, 5) is 20.1. The highest BCUT2D eigenvalue weighted by Crippen LogP contribution is 2.47. The second-order valence-electron chi connectivity index (χ2n) is 10.3. The predicted octanol–water partition coefficient (Wildman–Crippen LogP) is 9.22. The summed E-state index contributed by atoms with van der Waals surface area (Å²) in [7, 11) is 0. The Balaban J connectivity index is 1.50. The zero-order valence-electron chi connectivity index (χ0n) is 22.3. The van der Waals surface area contributed by atoms with Gasteiger partial charge in [0.05, 0.1) is 10.2 Å². The number of hydrogen-bond donors (Lipinski definition) is 0. The van der Waals surface area contributed by atoms with Gasteiger partial charge in [-0.2, -0.15) is 9.97 Å². The van der Waals surface area contributed by atoms with Crippen LogP contribution in [0.1, 0.15) is 0 Å². The van der Waals surface area contributed by atoms with Gasteiger partial charge >= 0.3 is 0 Å². The number of nitrogens with zero attached hydrogens (tertiary/aromatic N) is 5. The molecule has 0 fully saturated rings. The molecular weight excluding hydrogens is 534 g/mol. The van der Waals surface area contributed by atoms with E-state index in [4.69, 9.17) is 19.9 Å². The second kappa shape index (κ2) is 9.03. The van der Waals surface area contributed by atoms with Crippen molar-refractivity contribution in [1.82, 2.24) is 24.5 Å². The molecule has 0 N–H and O–H groups in total. The first-order chi connectivity index (χ1) is 20.8. The lowest BCUT2D eigenvalue weighted by Gasteiger charge is -2.11. The van der Waals surface area contributed by atoms with E-state index in [1.165, 1.54) is 30.9 Å². The van der Waals surface area contributed by atoms with Crippen molar-refractivity contribution < 1.29 is 0 Å². The van der Waals surface area contributed by atoms with Crippen LogP contribution in [0.25, 0.3) is 81.6 Å². The van der Waals surface area contributed by atoms with E-state index >= 15 is 0 Å². The van der Waals surface area contributed by atoms with Gasteiger partial charge in [-0.1, -0.05) is 103 Å². The number of thiophene rings is 1. The minimum absolute atomic E-state index is 0.551. The molecule has 0 bridgehead atoms. The van der Waals surface area contributed by atoms with E-state index in [0.717, 1.165) is 33.1 Å². The lowest BCUT2D eigenvalue weighted by Crippen LogP contribution is -2.07. The van der Waals surface area contributed by atoms with Gasteiger partial charge in [-0.15, -0.1) is 11.3 Å². The maximum atomic E-state index is 5.12. The number of hydrogen-bond acceptors (Lipinski definition) is 5. The monoisotopic (exact) mass is 555 g/mol. The van der Waals surface area contributed by atoms with Crippen LogP contribution in [0, 0.1) is 0 Å². The first-order valence-electron chi connectivity index (χ1n) is 13.8. The Bertz CT molecular complexity index is 2400. The molecule has 4 aromatic heterocycles. The van der Waals surface area contributed by atoms with Crippen LogP contribution in [-0.2, 0) is 0 Å². The minimum atomic E-state index is 0.551.